The second-order valence-electron chi connectivity index (χ2n) is 16.5. The molecule has 2 aliphatic rings. The van der Waals surface area contributed by atoms with E-state index < -0.39 is 0 Å². The smallest absolute Gasteiger partial charge is 0.0541 e. The first-order chi connectivity index (χ1) is 29.0. The Labute approximate surface area is 346 Å². The van der Waals surface area contributed by atoms with Crippen molar-refractivity contribution < 1.29 is 0 Å². The molecule has 9 aromatic rings. The monoisotopic (exact) mass is 756 g/mol. The molecule has 0 atom stereocenters. The Kier molecular flexibility index (Phi) is 8.34. The van der Waals surface area contributed by atoms with Crippen LogP contribution in [0.2, 0.25) is 0 Å². The Morgan fingerprint density at radius 1 is 0.458 bits per heavy atom. The van der Waals surface area contributed by atoms with Crippen LogP contribution in [0.5, 0.6) is 0 Å². The van der Waals surface area contributed by atoms with E-state index in [-0.39, 0.29) is 5.41 Å². The predicted octanol–water partition coefficient (Wildman–Crippen LogP) is 15.6. The molecule has 2 heteroatoms. The van der Waals surface area contributed by atoms with Crippen LogP contribution in [0.3, 0.4) is 0 Å². The lowest BCUT2D eigenvalue weighted by molar-refractivity contribution is 0.651. The molecule has 0 radical (unpaired) electrons. The van der Waals surface area contributed by atoms with E-state index >= 15 is 0 Å². The molecule has 0 fully saturated rings. The van der Waals surface area contributed by atoms with E-state index in [4.69, 9.17) is 0 Å². The number of allylic oxidation sites excluding steroid dienone is 4. The standard InChI is InChI=1S/C57H44N2/c1-57(2)53-22-11-9-20-49(53)50-34-33-48(38-54(50)57)58(45-29-24-41(25-30-45)39-14-5-3-6-15-39)47-19-13-18-43(36-47)44-28-35-56-52(37-44)51-21-10-12-23-55(51)59(56)46-31-26-42(27-32-46)40-16-7-4-8-17-40/h3-8,10-19,21-38H,9,20H2,1-2H3. The van der Waals surface area contributed by atoms with Gasteiger partial charge in [-0.1, -0.05) is 153 Å². The molecule has 0 bridgehead atoms. The van der Waals surface area contributed by atoms with Crippen LogP contribution in [0.4, 0.5) is 17.1 Å². The van der Waals surface area contributed by atoms with E-state index in [9.17, 15) is 0 Å². The molecule has 11 rings (SSSR count). The number of nitrogens with zero attached hydrogens (tertiary/aromatic N) is 2. The van der Waals surface area contributed by atoms with Crippen LogP contribution in [0, 0.1) is 0 Å². The molecular formula is C57H44N2. The average Bonchev–Trinajstić information content (AvgIpc) is 3.75. The van der Waals surface area contributed by atoms with Gasteiger partial charge in [0, 0.05) is 38.9 Å². The van der Waals surface area contributed by atoms with Gasteiger partial charge in [0.15, 0.2) is 0 Å². The summed E-state index contributed by atoms with van der Waals surface area (Å²) >= 11 is 0. The Morgan fingerprint density at radius 3 is 1.78 bits per heavy atom. The van der Waals surface area contributed by atoms with Crippen LogP contribution in [-0.4, -0.2) is 4.57 Å². The summed E-state index contributed by atoms with van der Waals surface area (Å²) in [5.41, 5.74) is 20.0. The molecule has 282 valence electrons. The van der Waals surface area contributed by atoms with Crippen molar-refractivity contribution in [3.8, 4) is 39.1 Å². The maximum atomic E-state index is 2.45. The molecule has 8 aromatic carbocycles. The first kappa shape index (κ1) is 35.0. The molecule has 0 aliphatic heterocycles. The van der Waals surface area contributed by atoms with E-state index in [0.29, 0.717) is 0 Å². The van der Waals surface area contributed by atoms with Crippen molar-refractivity contribution in [3.05, 3.63) is 223 Å². The molecular weight excluding hydrogens is 713 g/mol. The third-order valence-electron chi connectivity index (χ3n) is 12.7. The van der Waals surface area contributed by atoms with Gasteiger partial charge in [0.25, 0.3) is 0 Å². The molecule has 1 heterocycles. The highest BCUT2D eigenvalue weighted by molar-refractivity contribution is 6.10. The van der Waals surface area contributed by atoms with Gasteiger partial charge in [-0.3, -0.25) is 0 Å². The minimum atomic E-state index is -0.0548. The first-order valence-electron chi connectivity index (χ1n) is 20.8. The first-order valence-corrected chi connectivity index (χ1v) is 20.8. The van der Waals surface area contributed by atoms with Crippen molar-refractivity contribution in [2.75, 3.05) is 4.90 Å². The summed E-state index contributed by atoms with van der Waals surface area (Å²) in [5, 5.41) is 2.50. The topological polar surface area (TPSA) is 8.17 Å². The van der Waals surface area contributed by atoms with Crippen molar-refractivity contribution in [1.29, 1.82) is 0 Å². The maximum absolute atomic E-state index is 2.45. The van der Waals surface area contributed by atoms with Gasteiger partial charge in [0.05, 0.1) is 11.0 Å². The zero-order chi connectivity index (χ0) is 39.5. The van der Waals surface area contributed by atoms with Crippen LogP contribution < -0.4 is 4.90 Å². The second kappa shape index (κ2) is 14.0. The SMILES string of the molecule is CC1(C)C2=C(CCC=C2)c2ccc(N(c3ccc(-c4ccccc4)cc3)c3cccc(-c4ccc5c(c4)c4ccccc4n5-c4ccc(-c5ccccc5)cc4)c3)cc21. The van der Waals surface area contributed by atoms with Crippen LogP contribution in [0.25, 0.3) is 66.4 Å². The number of rotatable bonds is 7. The Bertz CT molecular complexity index is 3090. The summed E-state index contributed by atoms with van der Waals surface area (Å²) < 4.78 is 2.40. The molecule has 0 N–H and O–H groups in total. The van der Waals surface area contributed by atoms with E-state index in [0.717, 1.165) is 29.9 Å². The quantitative estimate of drug-likeness (QED) is 0.157. The van der Waals surface area contributed by atoms with Gasteiger partial charge in [0.2, 0.25) is 0 Å². The normalized spacial score (nSPS) is 14.1. The highest BCUT2D eigenvalue weighted by atomic mass is 15.1. The van der Waals surface area contributed by atoms with Crippen molar-refractivity contribution in [1.82, 2.24) is 4.57 Å². The number of para-hydroxylation sites is 1. The molecule has 0 spiro atoms. The highest BCUT2D eigenvalue weighted by Crippen LogP contribution is 2.52. The average molecular weight is 757 g/mol. The zero-order valence-corrected chi connectivity index (χ0v) is 33.4. The lowest BCUT2D eigenvalue weighted by Gasteiger charge is -2.29. The van der Waals surface area contributed by atoms with Crippen LogP contribution in [0.1, 0.15) is 37.8 Å². The summed E-state index contributed by atoms with van der Waals surface area (Å²) in [6, 6.07) is 71.2. The van der Waals surface area contributed by atoms with Gasteiger partial charge in [-0.2, -0.15) is 0 Å². The second-order valence-corrected chi connectivity index (χ2v) is 16.5. The molecule has 0 saturated carbocycles. The van der Waals surface area contributed by atoms with E-state index in [1.54, 1.807) is 0 Å². The van der Waals surface area contributed by atoms with Crippen molar-refractivity contribution in [2.45, 2.75) is 32.1 Å². The van der Waals surface area contributed by atoms with Crippen molar-refractivity contribution in [2.24, 2.45) is 0 Å². The number of benzene rings is 8. The van der Waals surface area contributed by atoms with Crippen LogP contribution in [-0.2, 0) is 5.41 Å². The minimum Gasteiger partial charge on any atom is -0.310 e. The van der Waals surface area contributed by atoms with Gasteiger partial charge in [-0.25, -0.2) is 0 Å². The largest absolute Gasteiger partial charge is 0.310 e. The lowest BCUT2D eigenvalue weighted by atomic mass is 9.80. The molecule has 0 saturated heterocycles. The van der Waals surface area contributed by atoms with E-state index in [1.165, 1.54) is 83.1 Å². The number of anilines is 3. The Balaban J connectivity index is 1.01. The van der Waals surface area contributed by atoms with E-state index in [2.05, 4.69) is 230 Å². The van der Waals surface area contributed by atoms with Crippen LogP contribution >= 0.6 is 0 Å². The number of hydrogen-bond donors (Lipinski definition) is 0. The van der Waals surface area contributed by atoms with Crippen LogP contribution in [0.15, 0.2) is 212 Å². The van der Waals surface area contributed by atoms with Gasteiger partial charge < -0.3 is 9.47 Å². The van der Waals surface area contributed by atoms with Gasteiger partial charge in [0.1, 0.15) is 0 Å². The summed E-state index contributed by atoms with van der Waals surface area (Å²) in [5.74, 6) is 0. The molecule has 2 nitrogen and oxygen atoms in total. The van der Waals surface area contributed by atoms with Crippen molar-refractivity contribution in [3.63, 3.8) is 0 Å². The van der Waals surface area contributed by atoms with Gasteiger partial charge >= 0.3 is 0 Å². The summed E-state index contributed by atoms with van der Waals surface area (Å²) in [6.07, 6.45) is 6.94. The molecule has 2 aliphatic carbocycles. The molecule has 0 amide bonds. The van der Waals surface area contributed by atoms with Crippen molar-refractivity contribution >= 4 is 44.4 Å². The third-order valence-corrected chi connectivity index (χ3v) is 12.7. The Morgan fingerprint density at radius 2 is 1.03 bits per heavy atom. The third kappa shape index (κ3) is 5.94. The molecule has 0 unspecified atom stereocenters. The van der Waals surface area contributed by atoms with Gasteiger partial charge in [-0.05, 0) is 135 Å². The fraction of sp³-hybridized carbons (Fsp3) is 0.0877. The summed E-state index contributed by atoms with van der Waals surface area (Å²) in [6.45, 7) is 4.78. The van der Waals surface area contributed by atoms with E-state index in [1.807, 2.05) is 0 Å². The Hall–Kier alpha value is -7.16. The highest BCUT2D eigenvalue weighted by Gasteiger charge is 2.37. The van der Waals surface area contributed by atoms with Gasteiger partial charge in [-0.15, -0.1) is 0 Å². The fourth-order valence-electron chi connectivity index (χ4n) is 9.70. The molecule has 59 heavy (non-hydrogen) atoms. The number of aromatic nitrogens is 1. The summed E-state index contributed by atoms with van der Waals surface area (Å²) in [4.78, 5) is 2.44. The maximum Gasteiger partial charge on any atom is 0.0541 e. The molecule has 1 aromatic heterocycles. The zero-order valence-electron chi connectivity index (χ0n) is 33.4. The number of hydrogen-bond acceptors (Lipinski definition) is 1. The fourth-order valence-corrected chi connectivity index (χ4v) is 9.70. The minimum absolute atomic E-state index is 0.0548. The lowest BCUT2D eigenvalue weighted by Crippen LogP contribution is -2.18. The summed E-state index contributed by atoms with van der Waals surface area (Å²) in [7, 11) is 0. The predicted molar refractivity (Wildman–Crippen MR) is 250 cm³/mol. The number of fused-ring (bicyclic) bond motifs is 5.